The predicted octanol–water partition coefficient (Wildman–Crippen LogP) is 3.47. The van der Waals surface area contributed by atoms with Crippen LogP contribution in [0.2, 0.25) is 0 Å². The molecule has 0 saturated carbocycles. The standard InChI is InChI=1S/C22H20FN3O3/c23-18-10-5-4-9-17(18)21(27)25-11-6-12-26(14-13-25)22(28)20-15-19(24-29-20)16-7-2-1-3-8-16/h1-5,7-10,15H,6,11-14H2. The molecule has 0 unspecified atom stereocenters. The summed E-state index contributed by atoms with van der Waals surface area (Å²) in [6.45, 7) is 1.63. The van der Waals surface area contributed by atoms with Crippen molar-refractivity contribution in [3.05, 3.63) is 77.8 Å². The SMILES string of the molecule is O=C(c1cc(-c2ccccc2)no1)N1CCCN(C(=O)c2ccccc2F)CC1. The van der Waals surface area contributed by atoms with Crippen LogP contribution in [0, 0.1) is 5.82 Å². The third-order valence-electron chi connectivity index (χ3n) is 4.97. The molecule has 0 radical (unpaired) electrons. The molecule has 2 heterocycles. The lowest BCUT2D eigenvalue weighted by molar-refractivity contribution is 0.0692. The molecular weight excluding hydrogens is 373 g/mol. The molecule has 2 aromatic carbocycles. The first-order valence-electron chi connectivity index (χ1n) is 9.49. The minimum atomic E-state index is -0.537. The number of benzene rings is 2. The highest BCUT2D eigenvalue weighted by molar-refractivity contribution is 5.95. The van der Waals surface area contributed by atoms with Gasteiger partial charge in [0.2, 0.25) is 5.76 Å². The Labute approximate surface area is 167 Å². The number of hydrogen-bond donors (Lipinski definition) is 0. The number of hydrogen-bond acceptors (Lipinski definition) is 4. The Bertz CT molecular complexity index is 1020. The number of aromatic nitrogens is 1. The predicted molar refractivity (Wildman–Crippen MR) is 105 cm³/mol. The molecule has 6 nitrogen and oxygen atoms in total. The second-order valence-electron chi connectivity index (χ2n) is 6.86. The Kier molecular flexibility index (Phi) is 5.37. The molecule has 7 heteroatoms. The Morgan fingerprint density at radius 1 is 0.862 bits per heavy atom. The normalized spacial score (nSPS) is 14.5. The van der Waals surface area contributed by atoms with E-state index < -0.39 is 5.82 Å². The van der Waals surface area contributed by atoms with Gasteiger partial charge in [-0.15, -0.1) is 0 Å². The largest absolute Gasteiger partial charge is 0.350 e. The molecule has 0 aliphatic carbocycles. The first-order valence-corrected chi connectivity index (χ1v) is 9.49. The highest BCUT2D eigenvalue weighted by atomic mass is 19.1. The first kappa shape index (κ1) is 18.9. The number of amides is 2. The Morgan fingerprint density at radius 3 is 2.24 bits per heavy atom. The van der Waals surface area contributed by atoms with Crippen LogP contribution in [-0.2, 0) is 0 Å². The highest BCUT2D eigenvalue weighted by Gasteiger charge is 2.26. The van der Waals surface area contributed by atoms with Crippen molar-refractivity contribution in [3.63, 3.8) is 0 Å². The van der Waals surface area contributed by atoms with Crippen molar-refractivity contribution in [1.82, 2.24) is 15.0 Å². The zero-order valence-electron chi connectivity index (χ0n) is 15.8. The van der Waals surface area contributed by atoms with Gasteiger partial charge in [-0.25, -0.2) is 4.39 Å². The van der Waals surface area contributed by atoms with Crippen molar-refractivity contribution in [1.29, 1.82) is 0 Å². The third-order valence-corrected chi connectivity index (χ3v) is 4.97. The summed E-state index contributed by atoms with van der Waals surface area (Å²) in [6.07, 6.45) is 0.603. The van der Waals surface area contributed by atoms with Gasteiger partial charge in [-0.05, 0) is 18.6 Å². The van der Waals surface area contributed by atoms with Gasteiger partial charge in [0, 0.05) is 37.8 Å². The lowest BCUT2D eigenvalue weighted by Gasteiger charge is -2.21. The van der Waals surface area contributed by atoms with Crippen LogP contribution in [0.4, 0.5) is 4.39 Å². The van der Waals surface area contributed by atoms with E-state index in [9.17, 15) is 14.0 Å². The first-order chi connectivity index (χ1) is 14.1. The summed E-state index contributed by atoms with van der Waals surface area (Å²) in [5, 5.41) is 3.99. The summed E-state index contributed by atoms with van der Waals surface area (Å²) >= 11 is 0. The maximum Gasteiger partial charge on any atom is 0.292 e. The fourth-order valence-corrected chi connectivity index (χ4v) is 3.41. The lowest BCUT2D eigenvalue weighted by atomic mass is 10.1. The van der Waals surface area contributed by atoms with E-state index in [1.54, 1.807) is 28.0 Å². The average molecular weight is 393 g/mol. The van der Waals surface area contributed by atoms with Crippen molar-refractivity contribution < 1.29 is 18.5 Å². The summed E-state index contributed by atoms with van der Waals surface area (Å²) < 4.78 is 19.2. The van der Waals surface area contributed by atoms with E-state index in [-0.39, 0.29) is 23.1 Å². The Hall–Kier alpha value is -3.48. The minimum Gasteiger partial charge on any atom is -0.350 e. The molecule has 1 aliphatic heterocycles. The third kappa shape index (κ3) is 4.03. The van der Waals surface area contributed by atoms with Gasteiger partial charge < -0.3 is 14.3 Å². The number of carbonyl (C=O) groups is 2. The van der Waals surface area contributed by atoms with Gasteiger partial charge in [0.15, 0.2) is 0 Å². The Balaban J connectivity index is 1.43. The van der Waals surface area contributed by atoms with Crippen molar-refractivity contribution in [2.45, 2.75) is 6.42 Å². The zero-order valence-corrected chi connectivity index (χ0v) is 15.8. The quantitative estimate of drug-likeness (QED) is 0.683. The van der Waals surface area contributed by atoms with Gasteiger partial charge in [-0.3, -0.25) is 9.59 Å². The number of carbonyl (C=O) groups excluding carboxylic acids is 2. The van der Waals surface area contributed by atoms with Crippen molar-refractivity contribution in [2.75, 3.05) is 26.2 Å². The van der Waals surface area contributed by atoms with E-state index in [0.29, 0.717) is 38.3 Å². The maximum atomic E-state index is 13.9. The van der Waals surface area contributed by atoms with Crippen LogP contribution in [0.15, 0.2) is 65.2 Å². The second kappa shape index (κ2) is 8.26. The molecule has 29 heavy (non-hydrogen) atoms. The number of halogens is 1. The van der Waals surface area contributed by atoms with E-state index in [2.05, 4.69) is 5.16 Å². The van der Waals surface area contributed by atoms with Crippen LogP contribution in [-0.4, -0.2) is 52.9 Å². The van der Waals surface area contributed by atoms with E-state index in [4.69, 9.17) is 4.52 Å². The van der Waals surface area contributed by atoms with Crippen LogP contribution < -0.4 is 0 Å². The number of rotatable bonds is 3. The van der Waals surface area contributed by atoms with E-state index >= 15 is 0 Å². The fourth-order valence-electron chi connectivity index (χ4n) is 3.41. The summed E-state index contributed by atoms with van der Waals surface area (Å²) in [6, 6.07) is 17.0. The maximum absolute atomic E-state index is 13.9. The summed E-state index contributed by atoms with van der Waals surface area (Å²) in [5.41, 5.74) is 1.52. The lowest BCUT2D eigenvalue weighted by Crippen LogP contribution is -2.37. The topological polar surface area (TPSA) is 66.7 Å². The average Bonchev–Trinajstić information content (AvgIpc) is 3.12. The molecule has 3 aromatic rings. The van der Waals surface area contributed by atoms with Gasteiger partial charge in [0.1, 0.15) is 11.5 Å². The van der Waals surface area contributed by atoms with Crippen molar-refractivity contribution >= 4 is 11.8 Å². The van der Waals surface area contributed by atoms with Crippen LogP contribution in [0.1, 0.15) is 27.3 Å². The van der Waals surface area contributed by atoms with Crippen LogP contribution in [0.3, 0.4) is 0 Å². The fraction of sp³-hybridized carbons (Fsp3) is 0.227. The molecule has 1 saturated heterocycles. The van der Waals surface area contributed by atoms with Crippen LogP contribution >= 0.6 is 0 Å². The molecule has 1 aromatic heterocycles. The molecule has 0 N–H and O–H groups in total. The molecule has 1 fully saturated rings. The zero-order chi connectivity index (χ0) is 20.2. The molecule has 2 amide bonds. The monoisotopic (exact) mass is 393 g/mol. The van der Waals surface area contributed by atoms with Gasteiger partial charge in [0.05, 0.1) is 5.56 Å². The summed E-state index contributed by atoms with van der Waals surface area (Å²) in [4.78, 5) is 28.7. The van der Waals surface area contributed by atoms with E-state index in [0.717, 1.165) is 5.56 Å². The second-order valence-corrected chi connectivity index (χ2v) is 6.86. The molecule has 4 rings (SSSR count). The van der Waals surface area contributed by atoms with Gasteiger partial charge in [-0.1, -0.05) is 47.6 Å². The molecular formula is C22H20FN3O3. The number of nitrogens with zero attached hydrogens (tertiary/aromatic N) is 3. The van der Waals surface area contributed by atoms with Crippen molar-refractivity contribution in [3.8, 4) is 11.3 Å². The molecule has 148 valence electrons. The summed E-state index contributed by atoms with van der Waals surface area (Å²) in [7, 11) is 0. The van der Waals surface area contributed by atoms with E-state index in [1.807, 2.05) is 30.3 Å². The summed E-state index contributed by atoms with van der Waals surface area (Å²) in [5.74, 6) is -0.995. The van der Waals surface area contributed by atoms with Gasteiger partial charge in [-0.2, -0.15) is 0 Å². The minimum absolute atomic E-state index is 0.0509. The van der Waals surface area contributed by atoms with E-state index in [1.165, 1.54) is 12.1 Å². The van der Waals surface area contributed by atoms with Gasteiger partial charge >= 0.3 is 0 Å². The molecule has 0 bridgehead atoms. The van der Waals surface area contributed by atoms with Gasteiger partial charge in [0.25, 0.3) is 11.8 Å². The van der Waals surface area contributed by atoms with Crippen LogP contribution in [0.5, 0.6) is 0 Å². The smallest absolute Gasteiger partial charge is 0.292 e. The van der Waals surface area contributed by atoms with Crippen molar-refractivity contribution in [2.24, 2.45) is 0 Å². The Morgan fingerprint density at radius 2 is 1.52 bits per heavy atom. The molecule has 1 aliphatic rings. The molecule has 0 atom stereocenters. The molecule has 0 spiro atoms. The highest BCUT2D eigenvalue weighted by Crippen LogP contribution is 2.20. The van der Waals surface area contributed by atoms with Crippen LogP contribution in [0.25, 0.3) is 11.3 Å².